The van der Waals surface area contributed by atoms with Crippen LogP contribution < -0.4 is 15.7 Å². The van der Waals surface area contributed by atoms with Crippen LogP contribution in [-0.2, 0) is 17.8 Å². The molecule has 1 atom stereocenters. The first-order chi connectivity index (χ1) is 12.1. The van der Waals surface area contributed by atoms with Crippen LogP contribution in [0.5, 0.6) is 5.75 Å². The number of hydrogen-bond acceptors (Lipinski definition) is 6. The second-order valence-electron chi connectivity index (χ2n) is 5.61. The summed E-state index contributed by atoms with van der Waals surface area (Å²) in [6.45, 7) is 3.93. The molecule has 3 aromatic rings. The van der Waals surface area contributed by atoms with E-state index in [1.165, 1.54) is 18.5 Å². The lowest BCUT2D eigenvalue weighted by molar-refractivity contribution is -0.127. The van der Waals surface area contributed by atoms with Gasteiger partial charge in [-0.3, -0.25) is 4.79 Å². The van der Waals surface area contributed by atoms with Crippen molar-refractivity contribution in [2.75, 3.05) is 0 Å². The molecule has 0 saturated heterocycles. The van der Waals surface area contributed by atoms with Crippen LogP contribution in [0.3, 0.4) is 0 Å². The number of nitrogens with one attached hydrogen (secondary N) is 1. The molecule has 1 N–H and O–H groups in total. The summed E-state index contributed by atoms with van der Waals surface area (Å²) >= 11 is 0. The quantitative estimate of drug-likeness (QED) is 0.691. The fourth-order valence-corrected chi connectivity index (χ4v) is 2.48. The maximum Gasteiger partial charge on any atom is 0.336 e. The number of benzene rings is 1. The summed E-state index contributed by atoms with van der Waals surface area (Å²) in [4.78, 5) is 23.7. The van der Waals surface area contributed by atoms with Crippen molar-refractivity contribution in [3.8, 4) is 5.75 Å². The number of aryl methyl sites for hydroxylation is 1. The molecule has 0 bridgehead atoms. The highest BCUT2D eigenvalue weighted by Gasteiger charge is 2.15. The SMILES string of the molecule is CCc1cc(=O)oc2cc(OC(C)C(=O)NCc3cnoc3)ccc12. The molecule has 0 fully saturated rings. The first-order valence-corrected chi connectivity index (χ1v) is 7.96. The third kappa shape index (κ3) is 3.88. The highest BCUT2D eigenvalue weighted by atomic mass is 16.5. The number of aromatic nitrogens is 1. The van der Waals surface area contributed by atoms with Gasteiger partial charge in [-0.15, -0.1) is 0 Å². The van der Waals surface area contributed by atoms with Crippen LogP contribution in [0.15, 0.2) is 50.5 Å². The third-order valence-corrected chi connectivity index (χ3v) is 3.81. The molecule has 2 aromatic heterocycles. The van der Waals surface area contributed by atoms with Crippen LogP contribution in [0.1, 0.15) is 25.0 Å². The monoisotopic (exact) mass is 342 g/mol. The number of fused-ring (bicyclic) bond motifs is 1. The zero-order valence-electron chi connectivity index (χ0n) is 13.9. The minimum absolute atomic E-state index is 0.273. The number of amides is 1. The van der Waals surface area contributed by atoms with E-state index in [0.717, 1.165) is 22.9 Å². The molecule has 1 unspecified atom stereocenters. The second kappa shape index (κ2) is 7.21. The number of ether oxygens (including phenoxy) is 1. The maximum atomic E-state index is 12.1. The fourth-order valence-electron chi connectivity index (χ4n) is 2.48. The molecule has 0 spiro atoms. The Morgan fingerprint density at radius 2 is 2.20 bits per heavy atom. The highest BCUT2D eigenvalue weighted by molar-refractivity contribution is 5.82. The van der Waals surface area contributed by atoms with E-state index in [2.05, 4.69) is 10.5 Å². The Morgan fingerprint density at radius 1 is 1.36 bits per heavy atom. The normalized spacial score (nSPS) is 12.1. The van der Waals surface area contributed by atoms with Gasteiger partial charge in [0.15, 0.2) is 6.10 Å². The zero-order chi connectivity index (χ0) is 17.8. The summed E-state index contributed by atoms with van der Waals surface area (Å²) in [5, 5.41) is 7.16. The second-order valence-corrected chi connectivity index (χ2v) is 5.61. The molecule has 7 nitrogen and oxygen atoms in total. The van der Waals surface area contributed by atoms with Crippen molar-refractivity contribution < 1.29 is 18.5 Å². The lowest BCUT2D eigenvalue weighted by Gasteiger charge is -2.15. The molecule has 0 saturated carbocycles. The van der Waals surface area contributed by atoms with Crippen molar-refractivity contribution in [3.63, 3.8) is 0 Å². The number of hydrogen-bond donors (Lipinski definition) is 1. The lowest BCUT2D eigenvalue weighted by atomic mass is 10.1. The molecule has 2 heterocycles. The van der Waals surface area contributed by atoms with Crippen molar-refractivity contribution in [2.24, 2.45) is 0 Å². The fraction of sp³-hybridized carbons (Fsp3) is 0.278. The van der Waals surface area contributed by atoms with E-state index in [4.69, 9.17) is 13.7 Å². The molecule has 0 radical (unpaired) electrons. The standard InChI is InChI=1S/C18H18N2O5/c1-3-13-6-17(21)25-16-7-14(4-5-15(13)16)24-11(2)18(22)19-8-12-9-20-23-10-12/h4-7,9-11H,3,8H2,1-2H3,(H,19,22). The van der Waals surface area contributed by atoms with Crippen LogP contribution in [0.4, 0.5) is 0 Å². The van der Waals surface area contributed by atoms with E-state index in [1.54, 1.807) is 19.1 Å². The maximum absolute atomic E-state index is 12.1. The van der Waals surface area contributed by atoms with Gasteiger partial charge in [-0.1, -0.05) is 12.1 Å². The molecule has 1 aromatic carbocycles. The van der Waals surface area contributed by atoms with Crippen molar-refractivity contribution in [1.29, 1.82) is 0 Å². The van der Waals surface area contributed by atoms with Gasteiger partial charge in [0, 0.05) is 29.6 Å². The Hall–Kier alpha value is -3.09. The Kier molecular flexibility index (Phi) is 4.83. The topological polar surface area (TPSA) is 94.6 Å². The van der Waals surface area contributed by atoms with E-state index in [0.29, 0.717) is 17.9 Å². The van der Waals surface area contributed by atoms with Crippen LogP contribution in [0.2, 0.25) is 0 Å². The first kappa shape index (κ1) is 16.8. The summed E-state index contributed by atoms with van der Waals surface area (Å²) in [6, 6.07) is 6.70. The summed E-state index contributed by atoms with van der Waals surface area (Å²) in [5.41, 5.74) is 1.72. The van der Waals surface area contributed by atoms with Gasteiger partial charge in [0.2, 0.25) is 0 Å². The average molecular weight is 342 g/mol. The summed E-state index contributed by atoms with van der Waals surface area (Å²) in [7, 11) is 0. The average Bonchev–Trinajstić information content (AvgIpc) is 3.12. The Balaban J connectivity index is 1.71. The molecular formula is C18H18N2O5. The van der Waals surface area contributed by atoms with Gasteiger partial charge >= 0.3 is 5.63 Å². The van der Waals surface area contributed by atoms with Gasteiger partial charge in [0.25, 0.3) is 5.91 Å². The van der Waals surface area contributed by atoms with Gasteiger partial charge in [0.1, 0.15) is 17.6 Å². The van der Waals surface area contributed by atoms with Crippen LogP contribution >= 0.6 is 0 Å². The van der Waals surface area contributed by atoms with Crippen molar-refractivity contribution in [3.05, 3.63) is 58.3 Å². The zero-order valence-corrected chi connectivity index (χ0v) is 13.9. The molecule has 3 rings (SSSR count). The summed E-state index contributed by atoms with van der Waals surface area (Å²) in [6.07, 6.45) is 3.01. The van der Waals surface area contributed by atoms with Crippen molar-refractivity contribution in [1.82, 2.24) is 10.5 Å². The molecule has 130 valence electrons. The van der Waals surface area contributed by atoms with E-state index in [9.17, 15) is 9.59 Å². The number of carbonyl (C=O) groups is 1. The predicted molar refractivity (Wildman–Crippen MR) is 90.3 cm³/mol. The van der Waals surface area contributed by atoms with Gasteiger partial charge in [0.05, 0.1) is 6.20 Å². The predicted octanol–water partition coefficient (Wildman–Crippen LogP) is 2.43. The minimum atomic E-state index is -0.710. The van der Waals surface area contributed by atoms with E-state index in [1.807, 2.05) is 13.0 Å². The molecule has 25 heavy (non-hydrogen) atoms. The van der Waals surface area contributed by atoms with Gasteiger partial charge in [-0.25, -0.2) is 4.79 Å². The smallest absolute Gasteiger partial charge is 0.336 e. The number of nitrogens with zero attached hydrogens (tertiary/aromatic N) is 1. The molecule has 0 aliphatic rings. The number of rotatable bonds is 6. The van der Waals surface area contributed by atoms with E-state index in [-0.39, 0.29) is 5.91 Å². The Bertz CT molecular complexity index is 930. The third-order valence-electron chi connectivity index (χ3n) is 3.81. The Labute approximate surface area is 143 Å². The highest BCUT2D eigenvalue weighted by Crippen LogP contribution is 2.23. The molecule has 7 heteroatoms. The summed E-state index contributed by atoms with van der Waals surface area (Å²) < 4.78 is 15.6. The Morgan fingerprint density at radius 3 is 2.92 bits per heavy atom. The number of carbonyl (C=O) groups excluding carboxylic acids is 1. The lowest BCUT2D eigenvalue weighted by Crippen LogP contribution is -2.35. The van der Waals surface area contributed by atoms with E-state index >= 15 is 0 Å². The van der Waals surface area contributed by atoms with Crippen LogP contribution in [-0.4, -0.2) is 17.2 Å². The largest absolute Gasteiger partial charge is 0.481 e. The minimum Gasteiger partial charge on any atom is -0.481 e. The van der Waals surface area contributed by atoms with Crippen LogP contribution in [0.25, 0.3) is 11.0 Å². The van der Waals surface area contributed by atoms with E-state index < -0.39 is 11.7 Å². The molecule has 0 aliphatic carbocycles. The van der Waals surface area contributed by atoms with Crippen LogP contribution in [0, 0.1) is 0 Å². The molecular weight excluding hydrogens is 324 g/mol. The van der Waals surface area contributed by atoms with Gasteiger partial charge in [-0.2, -0.15) is 0 Å². The van der Waals surface area contributed by atoms with Gasteiger partial charge in [-0.05, 0) is 31.0 Å². The van der Waals surface area contributed by atoms with Gasteiger partial charge < -0.3 is 19.0 Å². The van der Waals surface area contributed by atoms with Crippen molar-refractivity contribution in [2.45, 2.75) is 32.9 Å². The summed E-state index contributed by atoms with van der Waals surface area (Å²) in [5.74, 6) is 0.182. The first-order valence-electron chi connectivity index (χ1n) is 7.96. The molecule has 0 aliphatic heterocycles. The molecule has 1 amide bonds. The van der Waals surface area contributed by atoms with Crippen molar-refractivity contribution >= 4 is 16.9 Å².